The summed E-state index contributed by atoms with van der Waals surface area (Å²) >= 11 is 10.2. The average Bonchev–Trinajstić information content (AvgIpc) is 3.30. The number of rotatable bonds is 3. The molecule has 5 aromatic rings. The average molecular weight is 608 g/mol. The predicted octanol–water partition coefficient (Wildman–Crippen LogP) is 8.70. The van der Waals surface area contributed by atoms with Gasteiger partial charge in [0.1, 0.15) is 0 Å². The Balaban J connectivity index is 1.50. The summed E-state index contributed by atoms with van der Waals surface area (Å²) in [6, 6.07) is 32.5. The fraction of sp³-hybridized carbons (Fsp3) is 0.0938. The van der Waals surface area contributed by atoms with Crippen molar-refractivity contribution in [1.82, 2.24) is 9.78 Å². The van der Waals surface area contributed by atoms with Gasteiger partial charge in [-0.25, -0.2) is 14.7 Å². The molecule has 0 saturated heterocycles. The van der Waals surface area contributed by atoms with Gasteiger partial charge in [0.25, 0.3) is 0 Å². The molecular formula is C32H24BrClN6. The second kappa shape index (κ2) is 9.77. The quantitative estimate of drug-likeness (QED) is 0.223. The number of hydrogen-bond acceptors (Lipinski definition) is 5. The molecule has 196 valence electrons. The molecule has 2 aliphatic heterocycles. The van der Waals surface area contributed by atoms with E-state index in [1.54, 1.807) is 0 Å². The van der Waals surface area contributed by atoms with Crippen LogP contribution in [0.1, 0.15) is 28.4 Å². The SMILES string of the molecule is Cc1ccc(NC2=Nc3ccccc3N3C2=Nc2c(c(C)nn2-c2ccccc2)C3c2cccc(Br)c2)cc1Cl. The maximum absolute atomic E-state index is 6.49. The van der Waals surface area contributed by atoms with Gasteiger partial charge in [-0.3, -0.25) is 0 Å². The van der Waals surface area contributed by atoms with Gasteiger partial charge in [0.15, 0.2) is 17.5 Å². The van der Waals surface area contributed by atoms with Crippen molar-refractivity contribution in [2.75, 3.05) is 10.2 Å². The van der Waals surface area contributed by atoms with Gasteiger partial charge in [-0.15, -0.1) is 0 Å². The van der Waals surface area contributed by atoms with Crippen molar-refractivity contribution >= 4 is 62.1 Å². The fourth-order valence-corrected chi connectivity index (χ4v) is 5.94. The summed E-state index contributed by atoms with van der Waals surface area (Å²) in [5, 5.41) is 9.21. The van der Waals surface area contributed by atoms with Crippen LogP contribution in [0, 0.1) is 13.8 Å². The smallest absolute Gasteiger partial charge is 0.179 e. The third kappa shape index (κ3) is 4.13. The molecule has 2 aliphatic rings. The lowest BCUT2D eigenvalue weighted by Gasteiger charge is -2.40. The molecule has 1 unspecified atom stereocenters. The number of aryl methyl sites for hydroxylation is 2. The van der Waals surface area contributed by atoms with Crippen molar-refractivity contribution in [3.8, 4) is 5.69 Å². The van der Waals surface area contributed by atoms with Crippen molar-refractivity contribution in [1.29, 1.82) is 0 Å². The summed E-state index contributed by atoms with van der Waals surface area (Å²) in [7, 11) is 0. The van der Waals surface area contributed by atoms with Crippen LogP contribution in [0.4, 0.5) is 22.9 Å². The molecule has 1 atom stereocenters. The Labute approximate surface area is 245 Å². The lowest BCUT2D eigenvalue weighted by Crippen LogP contribution is -2.46. The third-order valence-corrected chi connectivity index (χ3v) is 8.14. The minimum atomic E-state index is -0.187. The van der Waals surface area contributed by atoms with E-state index >= 15 is 0 Å². The zero-order chi connectivity index (χ0) is 27.4. The van der Waals surface area contributed by atoms with Gasteiger partial charge in [-0.05, 0) is 73.5 Å². The van der Waals surface area contributed by atoms with E-state index < -0.39 is 0 Å². The Kier molecular flexibility index (Phi) is 6.06. The number of benzene rings is 4. The van der Waals surface area contributed by atoms with Crippen LogP contribution >= 0.6 is 27.5 Å². The van der Waals surface area contributed by atoms with E-state index in [1.165, 1.54) is 0 Å². The Morgan fingerprint density at radius 3 is 2.45 bits per heavy atom. The van der Waals surface area contributed by atoms with Gasteiger partial charge >= 0.3 is 0 Å². The molecule has 0 aliphatic carbocycles. The van der Waals surface area contributed by atoms with Crippen LogP contribution in [0.2, 0.25) is 5.02 Å². The molecule has 4 aromatic carbocycles. The summed E-state index contributed by atoms with van der Waals surface area (Å²) in [4.78, 5) is 12.6. The molecule has 7 rings (SSSR count). The predicted molar refractivity (Wildman–Crippen MR) is 167 cm³/mol. The van der Waals surface area contributed by atoms with Crippen LogP contribution in [0.15, 0.2) is 112 Å². The highest BCUT2D eigenvalue weighted by Gasteiger charge is 2.41. The minimum absolute atomic E-state index is 0.187. The van der Waals surface area contributed by atoms with E-state index in [4.69, 9.17) is 26.7 Å². The fourth-order valence-electron chi connectivity index (χ4n) is 5.35. The van der Waals surface area contributed by atoms with Gasteiger partial charge in [0.2, 0.25) is 0 Å². The first-order chi connectivity index (χ1) is 19.5. The van der Waals surface area contributed by atoms with E-state index in [0.29, 0.717) is 16.7 Å². The molecule has 0 bridgehead atoms. The van der Waals surface area contributed by atoms with Crippen LogP contribution in [0.25, 0.3) is 5.69 Å². The highest BCUT2D eigenvalue weighted by Crippen LogP contribution is 2.48. The van der Waals surface area contributed by atoms with Crippen molar-refractivity contribution in [2.45, 2.75) is 19.9 Å². The molecule has 0 saturated carbocycles. The topological polar surface area (TPSA) is 57.8 Å². The summed E-state index contributed by atoms with van der Waals surface area (Å²) in [5.41, 5.74) is 7.75. The molecular weight excluding hydrogens is 584 g/mol. The second-order valence-corrected chi connectivity index (χ2v) is 11.2. The molecule has 0 amide bonds. The number of nitrogens with one attached hydrogen (secondary N) is 1. The van der Waals surface area contributed by atoms with Crippen LogP contribution in [0.3, 0.4) is 0 Å². The second-order valence-electron chi connectivity index (χ2n) is 9.87. The maximum Gasteiger partial charge on any atom is 0.179 e. The van der Waals surface area contributed by atoms with Gasteiger partial charge < -0.3 is 10.2 Å². The normalized spacial score (nSPS) is 15.5. The van der Waals surface area contributed by atoms with E-state index in [9.17, 15) is 0 Å². The minimum Gasteiger partial charge on any atom is -0.337 e. The van der Waals surface area contributed by atoms with E-state index in [2.05, 4.69) is 57.3 Å². The van der Waals surface area contributed by atoms with Crippen molar-refractivity contribution in [3.05, 3.63) is 129 Å². The van der Waals surface area contributed by atoms with Crippen LogP contribution in [0.5, 0.6) is 0 Å². The number of anilines is 2. The first-order valence-electron chi connectivity index (χ1n) is 13.0. The van der Waals surface area contributed by atoms with E-state index in [-0.39, 0.29) is 6.04 Å². The summed E-state index contributed by atoms with van der Waals surface area (Å²) in [6.45, 7) is 4.05. The van der Waals surface area contributed by atoms with E-state index in [1.807, 2.05) is 84.4 Å². The number of nitrogens with zero attached hydrogens (tertiary/aromatic N) is 5. The van der Waals surface area contributed by atoms with Crippen molar-refractivity contribution in [2.24, 2.45) is 9.98 Å². The number of aromatic nitrogens is 2. The zero-order valence-electron chi connectivity index (χ0n) is 21.8. The Hall–Kier alpha value is -4.20. The first-order valence-corrected chi connectivity index (χ1v) is 14.1. The molecule has 1 N–H and O–H groups in total. The molecule has 6 nitrogen and oxygen atoms in total. The molecule has 40 heavy (non-hydrogen) atoms. The number of aliphatic imine (C=N–C) groups is 2. The van der Waals surface area contributed by atoms with Gasteiger partial charge in [0, 0.05) is 20.7 Å². The molecule has 1 aromatic heterocycles. The molecule has 3 heterocycles. The van der Waals surface area contributed by atoms with Crippen molar-refractivity contribution in [3.63, 3.8) is 0 Å². The lowest BCUT2D eigenvalue weighted by atomic mass is 9.93. The maximum atomic E-state index is 6.49. The molecule has 0 radical (unpaired) electrons. The number of amidine groups is 2. The number of fused-ring (bicyclic) bond motifs is 4. The standard InChI is InChI=1S/C32H24BrClN6/c1-19-15-16-23(18-25(19)34)35-30-32-37-31-28(20(2)38-40(31)24-11-4-3-5-12-24)29(21-9-8-10-22(33)17-21)39(32)27-14-7-6-13-26(27)36-30/h3-18,29H,1-2H3,(H,35,36). The highest BCUT2D eigenvalue weighted by atomic mass is 79.9. The molecule has 0 fully saturated rings. The zero-order valence-corrected chi connectivity index (χ0v) is 24.1. The monoisotopic (exact) mass is 606 g/mol. The number of para-hydroxylation sites is 3. The van der Waals surface area contributed by atoms with Crippen LogP contribution in [-0.4, -0.2) is 21.5 Å². The van der Waals surface area contributed by atoms with Gasteiger partial charge in [-0.1, -0.05) is 76.1 Å². The summed E-state index contributed by atoms with van der Waals surface area (Å²) in [6.07, 6.45) is 0. The van der Waals surface area contributed by atoms with Crippen molar-refractivity contribution < 1.29 is 0 Å². The summed E-state index contributed by atoms with van der Waals surface area (Å²) in [5.74, 6) is 2.14. The molecule has 0 spiro atoms. The summed E-state index contributed by atoms with van der Waals surface area (Å²) < 4.78 is 2.94. The van der Waals surface area contributed by atoms with Crippen LogP contribution < -0.4 is 10.2 Å². The number of halogens is 2. The Morgan fingerprint density at radius 2 is 1.65 bits per heavy atom. The lowest BCUT2D eigenvalue weighted by molar-refractivity contribution is 0.815. The number of hydrogen-bond donors (Lipinski definition) is 1. The van der Waals surface area contributed by atoms with Gasteiger partial charge in [0.05, 0.1) is 28.8 Å². The van der Waals surface area contributed by atoms with Gasteiger partial charge in [-0.2, -0.15) is 5.10 Å². The molecule has 8 heteroatoms. The van der Waals surface area contributed by atoms with Crippen LogP contribution in [-0.2, 0) is 0 Å². The highest BCUT2D eigenvalue weighted by molar-refractivity contribution is 9.10. The Bertz CT molecular complexity index is 1840. The first kappa shape index (κ1) is 24.8. The Morgan fingerprint density at radius 1 is 0.850 bits per heavy atom. The van der Waals surface area contributed by atoms with E-state index in [0.717, 1.165) is 55.4 Å². The largest absolute Gasteiger partial charge is 0.337 e. The third-order valence-electron chi connectivity index (χ3n) is 7.24.